The van der Waals surface area contributed by atoms with Gasteiger partial charge in [0, 0.05) is 18.7 Å². The van der Waals surface area contributed by atoms with Crippen LogP contribution in [-0.2, 0) is 11.3 Å². The summed E-state index contributed by atoms with van der Waals surface area (Å²) in [7, 11) is 1.50. The molecule has 1 saturated heterocycles. The number of carbonyl (C=O) groups is 1. The van der Waals surface area contributed by atoms with E-state index in [9.17, 15) is 13.6 Å². The van der Waals surface area contributed by atoms with Gasteiger partial charge in [0.1, 0.15) is 11.5 Å². The van der Waals surface area contributed by atoms with Crippen LogP contribution in [0.1, 0.15) is 31.2 Å². The number of benzene rings is 1. The molecule has 2 aliphatic rings. The van der Waals surface area contributed by atoms with Crippen molar-refractivity contribution in [3.63, 3.8) is 0 Å². The molecule has 1 amide bonds. The van der Waals surface area contributed by atoms with E-state index in [4.69, 9.17) is 4.74 Å². The zero-order chi connectivity index (χ0) is 17.9. The molecule has 1 aromatic carbocycles. The van der Waals surface area contributed by atoms with Crippen molar-refractivity contribution in [2.75, 3.05) is 20.2 Å². The number of hydrogen-bond donors (Lipinski definition) is 2. The van der Waals surface area contributed by atoms with E-state index in [0.717, 1.165) is 32.2 Å². The molecule has 0 aromatic heterocycles. The summed E-state index contributed by atoms with van der Waals surface area (Å²) in [4.78, 5) is 12.9. The Balaban J connectivity index is 1.73. The van der Waals surface area contributed by atoms with Crippen LogP contribution in [0.5, 0.6) is 11.5 Å². The molecule has 1 saturated carbocycles. The number of hydrogen-bond acceptors (Lipinski definition) is 4. The zero-order valence-corrected chi connectivity index (χ0v) is 14.3. The lowest BCUT2D eigenvalue weighted by Gasteiger charge is -2.37. The van der Waals surface area contributed by atoms with Crippen molar-refractivity contribution in [1.29, 1.82) is 0 Å². The molecule has 0 radical (unpaired) electrons. The van der Waals surface area contributed by atoms with E-state index in [1.165, 1.54) is 13.2 Å². The number of methoxy groups -OCH3 is 1. The fourth-order valence-corrected chi connectivity index (χ4v) is 4.07. The van der Waals surface area contributed by atoms with Crippen molar-refractivity contribution in [2.45, 2.75) is 38.8 Å². The maximum absolute atomic E-state index is 12.9. The maximum Gasteiger partial charge on any atom is 0.387 e. The molecule has 0 unspecified atom stereocenters. The predicted octanol–water partition coefficient (Wildman–Crippen LogP) is 2.69. The fraction of sp³-hybridized carbons (Fsp3) is 0.611. The van der Waals surface area contributed by atoms with Gasteiger partial charge in [-0.25, -0.2) is 0 Å². The summed E-state index contributed by atoms with van der Waals surface area (Å²) in [5.41, 5.74) is 0.101. The van der Waals surface area contributed by atoms with Crippen LogP contribution < -0.4 is 20.1 Å². The molecule has 5 nitrogen and oxygen atoms in total. The Labute approximate surface area is 146 Å². The third-order valence-corrected chi connectivity index (χ3v) is 5.41. The van der Waals surface area contributed by atoms with Gasteiger partial charge in [-0.3, -0.25) is 4.79 Å². The van der Waals surface area contributed by atoms with Crippen molar-refractivity contribution in [1.82, 2.24) is 10.6 Å². The molecule has 1 heterocycles. The van der Waals surface area contributed by atoms with Crippen LogP contribution >= 0.6 is 0 Å². The van der Waals surface area contributed by atoms with Crippen LogP contribution in [0.15, 0.2) is 18.2 Å². The molecule has 1 aliphatic carbocycles. The number of carbonyl (C=O) groups excluding carboxylic acids is 1. The summed E-state index contributed by atoms with van der Waals surface area (Å²) in [6, 6.07) is 4.60. The van der Waals surface area contributed by atoms with Crippen molar-refractivity contribution in [3.05, 3.63) is 23.8 Å². The number of nitrogens with one attached hydrogen (secondary N) is 2. The van der Waals surface area contributed by atoms with Gasteiger partial charge in [-0.2, -0.15) is 8.78 Å². The molecule has 1 aliphatic heterocycles. The standard InChI is InChI=1S/C18H24F2N2O3/c1-24-14-5-6-15(25-17(19)20)12(8-14)9-22-16(23)18-7-3-2-4-13(18)10-21-11-18/h5-6,8,13,17,21H,2-4,7,9-11H2,1H3,(H,22,23)/t13-,18+/m0/s1. The minimum atomic E-state index is -2.91. The predicted molar refractivity (Wildman–Crippen MR) is 88.7 cm³/mol. The number of amides is 1. The van der Waals surface area contributed by atoms with E-state index in [2.05, 4.69) is 15.4 Å². The molecule has 0 spiro atoms. The van der Waals surface area contributed by atoms with Crippen LogP contribution in [0.25, 0.3) is 0 Å². The Morgan fingerprint density at radius 1 is 1.44 bits per heavy atom. The maximum atomic E-state index is 12.9. The highest BCUT2D eigenvalue weighted by atomic mass is 19.3. The van der Waals surface area contributed by atoms with Gasteiger partial charge in [-0.05, 0) is 43.5 Å². The van der Waals surface area contributed by atoms with Gasteiger partial charge in [-0.1, -0.05) is 12.8 Å². The van der Waals surface area contributed by atoms with E-state index in [0.29, 0.717) is 23.8 Å². The van der Waals surface area contributed by atoms with Crippen LogP contribution in [0.2, 0.25) is 0 Å². The molecule has 3 rings (SSSR count). The van der Waals surface area contributed by atoms with Crippen molar-refractivity contribution in [2.24, 2.45) is 11.3 Å². The molecular formula is C18H24F2N2O3. The molecule has 138 valence electrons. The zero-order valence-electron chi connectivity index (χ0n) is 14.3. The lowest BCUT2D eigenvalue weighted by atomic mass is 9.67. The van der Waals surface area contributed by atoms with Gasteiger partial charge in [0.2, 0.25) is 5.91 Å². The largest absolute Gasteiger partial charge is 0.497 e. The average molecular weight is 354 g/mol. The molecule has 0 bridgehead atoms. The molecular weight excluding hydrogens is 330 g/mol. The third kappa shape index (κ3) is 3.71. The highest BCUT2D eigenvalue weighted by Crippen LogP contribution is 2.44. The summed E-state index contributed by atoms with van der Waals surface area (Å²) in [6.45, 7) is -1.23. The number of rotatable bonds is 6. The number of halogens is 2. The minimum Gasteiger partial charge on any atom is -0.497 e. The second-order valence-corrected chi connectivity index (χ2v) is 6.76. The van der Waals surface area contributed by atoms with Crippen LogP contribution in [0.4, 0.5) is 8.78 Å². The third-order valence-electron chi connectivity index (χ3n) is 5.41. The second-order valence-electron chi connectivity index (χ2n) is 6.76. The molecule has 7 heteroatoms. The number of alkyl halides is 2. The van der Waals surface area contributed by atoms with Crippen molar-refractivity contribution >= 4 is 5.91 Å². The molecule has 2 atom stereocenters. The van der Waals surface area contributed by atoms with E-state index >= 15 is 0 Å². The smallest absolute Gasteiger partial charge is 0.387 e. The number of ether oxygens (including phenoxy) is 2. The van der Waals surface area contributed by atoms with Crippen LogP contribution in [0.3, 0.4) is 0 Å². The van der Waals surface area contributed by atoms with Crippen molar-refractivity contribution < 1.29 is 23.0 Å². The SMILES string of the molecule is COc1ccc(OC(F)F)c(CNC(=O)[C@@]23CCCC[C@H]2CNC3)c1. The lowest BCUT2D eigenvalue weighted by molar-refractivity contribution is -0.134. The quantitative estimate of drug-likeness (QED) is 0.825. The fourth-order valence-electron chi connectivity index (χ4n) is 4.07. The van der Waals surface area contributed by atoms with Gasteiger partial charge in [0.15, 0.2) is 0 Å². The van der Waals surface area contributed by atoms with Crippen molar-refractivity contribution in [3.8, 4) is 11.5 Å². The summed E-state index contributed by atoms with van der Waals surface area (Å²) < 4.78 is 34.9. The second kappa shape index (κ2) is 7.56. The summed E-state index contributed by atoms with van der Waals surface area (Å²) in [5, 5.41) is 6.27. The topological polar surface area (TPSA) is 59.6 Å². The normalized spacial score (nSPS) is 25.5. The van der Waals surface area contributed by atoms with Gasteiger partial charge < -0.3 is 20.1 Å². The Bertz CT molecular complexity index is 626. The van der Waals surface area contributed by atoms with Gasteiger partial charge >= 0.3 is 6.61 Å². The minimum absolute atomic E-state index is 0.00647. The molecule has 1 aromatic rings. The molecule has 25 heavy (non-hydrogen) atoms. The number of fused-ring (bicyclic) bond motifs is 1. The van der Waals surface area contributed by atoms with E-state index in [1.54, 1.807) is 12.1 Å². The Hall–Kier alpha value is -1.89. The van der Waals surface area contributed by atoms with E-state index in [-0.39, 0.29) is 23.6 Å². The van der Waals surface area contributed by atoms with Gasteiger partial charge in [0.05, 0.1) is 12.5 Å². The molecule has 2 N–H and O–H groups in total. The first-order valence-electron chi connectivity index (χ1n) is 8.66. The van der Waals surface area contributed by atoms with Crippen LogP contribution in [0, 0.1) is 11.3 Å². The Kier molecular flexibility index (Phi) is 5.42. The lowest BCUT2D eigenvalue weighted by Crippen LogP contribution is -2.47. The average Bonchev–Trinajstić information content (AvgIpc) is 3.05. The van der Waals surface area contributed by atoms with Gasteiger partial charge in [-0.15, -0.1) is 0 Å². The van der Waals surface area contributed by atoms with E-state index < -0.39 is 6.61 Å². The highest BCUT2D eigenvalue weighted by Gasteiger charge is 2.49. The summed E-state index contributed by atoms with van der Waals surface area (Å²) >= 11 is 0. The van der Waals surface area contributed by atoms with E-state index in [1.807, 2.05) is 0 Å². The van der Waals surface area contributed by atoms with Crippen LogP contribution in [-0.4, -0.2) is 32.7 Å². The monoisotopic (exact) mass is 354 g/mol. The highest BCUT2D eigenvalue weighted by molar-refractivity contribution is 5.84. The summed E-state index contributed by atoms with van der Waals surface area (Å²) in [5.74, 6) is 0.928. The van der Waals surface area contributed by atoms with Gasteiger partial charge in [0.25, 0.3) is 0 Å². The first kappa shape index (κ1) is 17.9. The Morgan fingerprint density at radius 2 is 2.28 bits per heavy atom. The summed E-state index contributed by atoms with van der Waals surface area (Å²) in [6.07, 6.45) is 4.13. The first-order chi connectivity index (χ1) is 12.0. The Morgan fingerprint density at radius 3 is 3.04 bits per heavy atom. The first-order valence-corrected chi connectivity index (χ1v) is 8.66. The molecule has 2 fully saturated rings.